The molecule has 0 radical (unpaired) electrons. The summed E-state index contributed by atoms with van der Waals surface area (Å²) in [6.45, 7) is 2.79. The van der Waals surface area contributed by atoms with E-state index in [1.165, 1.54) is 47.5 Å². The summed E-state index contributed by atoms with van der Waals surface area (Å²) < 4.78 is 2.52. The van der Waals surface area contributed by atoms with Gasteiger partial charge < -0.3 is 10.6 Å². The summed E-state index contributed by atoms with van der Waals surface area (Å²) in [4.78, 5) is 52.8. The minimum atomic E-state index is -0.551. The predicted octanol–water partition coefficient (Wildman–Crippen LogP) is -0.576. The Hall–Kier alpha value is -4.18. The smallest absolute Gasteiger partial charge is 0.311 e. The summed E-state index contributed by atoms with van der Waals surface area (Å²) >= 11 is 0. The molecule has 10 nitrogen and oxygen atoms in total. The van der Waals surface area contributed by atoms with Crippen LogP contribution in [0.4, 0.5) is 11.6 Å². The van der Waals surface area contributed by atoms with Gasteiger partial charge in [0.2, 0.25) is 11.8 Å². The molecule has 0 saturated carbocycles. The Balaban J connectivity index is 1.95. The topological polar surface area (TPSA) is 128 Å². The zero-order valence-electron chi connectivity index (χ0n) is 15.1. The number of carbonyl (C=O) groups is 2. The third-order valence-electron chi connectivity index (χ3n) is 3.09. The Bertz CT molecular complexity index is 1050. The lowest BCUT2D eigenvalue weighted by Crippen LogP contribution is -2.24. The molecule has 2 rings (SSSR count). The molecular weight excluding hydrogens is 364 g/mol. The first kappa shape index (κ1) is 20.1. The minimum absolute atomic E-state index is 0.0772. The largest absolute Gasteiger partial charge is 0.350 e. The molecule has 0 aliphatic rings. The van der Waals surface area contributed by atoms with Gasteiger partial charge in [-0.3, -0.25) is 18.7 Å². The molecule has 2 aromatic rings. The molecule has 142 valence electrons. The summed E-state index contributed by atoms with van der Waals surface area (Å²) in [6, 6.07) is 2.97. The second-order valence-corrected chi connectivity index (χ2v) is 5.41. The summed E-state index contributed by atoms with van der Waals surface area (Å²) in [5.41, 5.74) is -1.10. The van der Waals surface area contributed by atoms with Crippen LogP contribution < -0.4 is 22.0 Å². The first-order valence-corrected chi connectivity index (χ1v) is 8.01. The van der Waals surface area contributed by atoms with Gasteiger partial charge in [0.1, 0.15) is 11.6 Å². The van der Waals surface area contributed by atoms with Crippen molar-refractivity contribution in [1.29, 1.82) is 0 Å². The Morgan fingerprint density at radius 1 is 0.857 bits per heavy atom. The summed E-state index contributed by atoms with van der Waals surface area (Å²) in [5.74, 6) is 10.2. The van der Waals surface area contributed by atoms with E-state index in [1.54, 1.807) is 0 Å². The van der Waals surface area contributed by atoms with Crippen LogP contribution in [0.1, 0.15) is 13.8 Å². The van der Waals surface area contributed by atoms with Gasteiger partial charge in [-0.25, -0.2) is 9.59 Å². The number of nitrogens with one attached hydrogen (secondary N) is 2. The van der Waals surface area contributed by atoms with Crippen molar-refractivity contribution >= 4 is 23.5 Å². The fourth-order valence-corrected chi connectivity index (χ4v) is 1.94. The number of aromatic nitrogens is 4. The molecule has 28 heavy (non-hydrogen) atoms. The number of amides is 2. The van der Waals surface area contributed by atoms with Crippen molar-refractivity contribution in [2.45, 2.75) is 26.9 Å². The number of carbonyl (C=O) groups excluding carboxylic acids is 2. The quantitative estimate of drug-likeness (QED) is 0.684. The van der Waals surface area contributed by atoms with E-state index in [0.717, 1.165) is 0 Å². The van der Waals surface area contributed by atoms with Gasteiger partial charge in [-0.1, -0.05) is 11.8 Å². The number of nitrogens with zero attached hydrogens (tertiary/aromatic N) is 4. The fraction of sp³-hybridized carbons (Fsp3) is 0.222. The van der Waals surface area contributed by atoms with Crippen LogP contribution in [-0.4, -0.2) is 30.9 Å². The molecule has 10 heteroatoms. The molecular formula is C18H16N6O4. The standard InChI is InChI=1S/C18H16N6O4/c1-13(25)19-15-7-11-23(17(27)21-15)9-5-3-4-6-10-24-12-8-16(20-14(2)26)22-18(24)28/h7-8,11-12H,9-10H2,1-2H3,(H,19,21,25,27)(H,20,22,26,28). The van der Waals surface area contributed by atoms with E-state index < -0.39 is 11.4 Å². The highest BCUT2D eigenvalue weighted by Crippen LogP contribution is 1.97. The van der Waals surface area contributed by atoms with Crippen molar-refractivity contribution in [3.8, 4) is 23.7 Å². The van der Waals surface area contributed by atoms with Crippen LogP contribution >= 0.6 is 0 Å². The van der Waals surface area contributed by atoms with E-state index >= 15 is 0 Å². The maximum Gasteiger partial charge on any atom is 0.350 e. The van der Waals surface area contributed by atoms with Crippen LogP contribution in [0, 0.1) is 23.7 Å². The van der Waals surface area contributed by atoms with Crippen molar-refractivity contribution in [3.63, 3.8) is 0 Å². The molecule has 0 aromatic carbocycles. The number of anilines is 2. The maximum absolute atomic E-state index is 11.8. The number of hydrogen-bond acceptors (Lipinski definition) is 6. The zero-order valence-corrected chi connectivity index (χ0v) is 15.1. The summed E-state index contributed by atoms with van der Waals surface area (Å²) in [7, 11) is 0. The average molecular weight is 380 g/mol. The number of rotatable bonds is 4. The second kappa shape index (κ2) is 9.50. The van der Waals surface area contributed by atoms with E-state index in [-0.39, 0.29) is 36.5 Å². The first-order chi connectivity index (χ1) is 13.3. The van der Waals surface area contributed by atoms with Crippen LogP contribution in [0.2, 0.25) is 0 Å². The molecule has 0 aliphatic heterocycles. The predicted molar refractivity (Wildman–Crippen MR) is 101 cm³/mol. The molecule has 2 heterocycles. The van der Waals surface area contributed by atoms with E-state index in [0.29, 0.717) is 0 Å². The Kier molecular flexibility index (Phi) is 6.83. The highest BCUT2D eigenvalue weighted by atomic mass is 16.2. The van der Waals surface area contributed by atoms with Crippen molar-refractivity contribution in [2.24, 2.45) is 0 Å². The normalized spacial score (nSPS) is 9.36. The molecule has 2 amide bonds. The van der Waals surface area contributed by atoms with Gasteiger partial charge in [0.05, 0.1) is 13.1 Å². The van der Waals surface area contributed by atoms with Crippen molar-refractivity contribution in [1.82, 2.24) is 19.1 Å². The molecule has 0 bridgehead atoms. The maximum atomic E-state index is 11.8. The first-order valence-electron chi connectivity index (χ1n) is 8.01. The lowest BCUT2D eigenvalue weighted by molar-refractivity contribution is -0.115. The zero-order chi connectivity index (χ0) is 20.5. The average Bonchev–Trinajstić information content (AvgIpc) is 2.60. The third kappa shape index (κ3) is 6.28. The van der Waals surface area contributed by atoms with Crippen LogP contribution in [0.3, 0.4) is 0 Å². The van der Waals surface area contributed by atoms with Crippen LogP contribution in [0.15, 0.2) is 34.1 Å². The van der Waals surface area contributed by atoms with Gasteiger partial charge in [-0.15, -0.1) is 0 Å². The van der Waals surface area contributed by atoms with E-state index in [1.807, 2.05) is 0 Å². The van der Waals surface area contributed by atoms with E-state index in [9.17, 15) is 19.2 Å². The van der Waals surface area contributed by atoms with Gasteiger partial charge in [0.25, 0.3) is 0 Å². The van der Waals surface area contributed by atoms with Gasteiger partial charge in [0, 0.05) is 26.2 Å². The second-order valence-electron chi connectivity index (χ2n) is 5.41. The van der Waals surface area contributed by atoms with Gasteiger partial charge in [-0.05, 0) is 24.0 Å². The molecule has 0 fully saturated rings. The van der Waals surface area contributed by atoms with Crippen molar-refractivity contribution < 1.29 is 9.59 Å². The van der Waals surface area contributed by atoms with Crippen molar-refractivity contribution in [2.75, 3.05) is 10.6 Å². The van der Waals surface area contributed by atoms with Crippen LogP contribution in [-0.2, 0) is 22.7 Å². The molecule has 0 saturated heterocycles. The van der Waals surface area contributed by atoms with Gasteiger partial charge in [-0.2, -0.15) is 9.97 Å². The molecule has 0 unspecified atom stereocenters. The third-order valence-corrected chi connectivity index (χ3v) is 3.09. The molecule has 0 atom stereocenters. The fourth-order valence-electron chi connectivity index (χ4n) is 1.94. The van der Waals surface area contributed by atoms with Gasteiger partial charge >= 0.3 is 11.4 Å². The molecule has 2 aromatic heterocycles. The SMILES string of the molecule is CC(=O)Nc1ccn(CC#CC#CCn2ccc(NC(C)=O)nc2=O)c(=O)n1. The minimum Gasteiger partial charge on any atom is -0.311 e. The highest BCUT2D eigenvalue weighted by molar-refractivity contribution is 5.87. The lowest BCUT2D eigenvalue weighted by atomic mass is 10.5. The monoisotopic (exact) mass is 380 g/mol. The van der Waals surface area contributed by atoms with Gasteiger partial charge in [0.15, 0.2) is 0 Å². The van der Waals surface area contributed by atoms with Crippen LogP contribution in [0.5, 0.6) is 0 Å². The number of hydrogen-bond donors (Lipinski definition) is 2. The van der Waals surface area contributed by atoms with Crippen molar-refractivity contribution in [3.05, 3.63) is 45.5 Å². The Morgan fingerprint density at radius 3 is 1.57 bits per heavy atom. The molecule has 0 aliphatic carbocycles. The lowest BCUT2D eigenvalue weighted by Gasteiger charge is -2.02. The molecule has 0 spiro atoms. The Morgan fingerprint density at radius 2 is 1.25 bits per heavy atom. The van der Waals surface area contributed by atoms with Crippen LogP contribution in [0.25, 0.3) is 0 Å². The summed E-state index contributed by atoms with van der Waals surface area (Å²) in [5, 5.41) is 4.83. The summed E-state index contributed by atoms with van der Waals surface area (Å²) in [6.07, 6.45) is 2.93. The van der Waals surface area contributed by atoms with E-state index in [2.05, 4.69) is 44.3 Å². The molecule has 2 N–H and O–H groups in total. The Labute approximate surface area is 159 Å². The van der Waals surface area contributed by atoms with E-state index in [4.69, 9.17) is 0 Å². The highest BCUT2D eigenvalue weighted by Gasteiger charge is 2.01.